The number of pyridine rings is 1. The number of rotatable bonds is 4. The van der Waals surface area contributed by atoms with E-state index in [1.54, 1.807) is 12.3 Å². The van der Waals surface area contributed by atoms with Crippen molar-refractivity contribution in [2.45, 2.75) is 6.54 Å². The largest absolute Gasteiger partial charge is 0.366 e. The predicted molar refractivity (Wildman–Crippen MR) is 91.7 cm³/mol. The van der Waals surface area contributed by atoms with Crippen molar-refractivity contribution in [1.29, 1.82) is 0 Å². The molecule has 6 heteroatoms. The molecule has 0 radical (unpaired) electrons. The fourth-order valence-electron chi connectivity index (χ4n) is 1.91. The lowest BCUT2D eigenvalue weighted by molar-refractivity contribution is 1.08. The molecule has 2 aromatic heterocycles. The van der Waals surface area contributed by atoms with E-state index < -0.39 is 0 Å². The molecule has 22 heavy (non-hydrogen) atoms. The van der Waals surface area contributed by atoms with Gasteiger partial charge in [-0.25, -0.2) is 9.97 Å². The topological polar surface area (TPSA) is 50.7 Å². The van der Waals surface area contributed by atoms with Gasteiger partial charge in [-0.3, -0.25) is 4.98 Å². The summed E-state index contributed by atoms with van der Waals surface area (Å²) in [4.78, 5) is 12.9. The van der Waals surface area contributed by atoms with Gasteiger partial charge in [-0.15, -0.1) is 0 Å². The number of hydrogen-bond acceptors (Lipinski definition) is 4. The van der Waals surface area contributed by atoms with E-state index in [-0.39, 0.29) is 0 Å². The van der Waals surface area contributed by atoms with Gasteiger partial charge in [0, 0.05) is 23.3 Å². The summed E-state index contributed by atoms with van der Waals surface area (Å²) >= 11 is 9.50. The molecule has 0 aliphatic heterocycles. The molecule has 0 amide bonds. The Bertz CT molecular complexity index is 763. The monoisotopic (exact) mass is 374 g/mol. The van der Waals surface area contributed by atoms with Gasteiger partial charge in [-0.2, -0.15) is 0 Å². The van der Waals surface area contributed by atoms with Crippen LogP contribution < -0.4 is 5.32 Å². The first-order valence-corrected chi connectivity index (χ1v) is 7.82. The van der Waals surface area contributed by atoms with Crippen molar-refractivity contribution in [2.75, 3.05) is 5.32 Å². The summed E-state index contributed by atoms with van der Waals surface area (Å²) in [6, 6.07) is 15.4. The first kappa shape index (κ1) is 14.9. The molecule has 2 heterocycles. The van der Waals surface area contributed by atoms with Crippen LogP contribution in [0.1, 0.15) is 5.56 Å². The zero-order valence-electron chi connectivity index (χ0n) is 11.5. The summed E-state index contributed by atoms with van der Waals surface area (Å²) in [7, 11) is 0. The minimum Gasteiger partial charge on any atom is -0.366 e. The quantitative estimate of drug-likeness (QED) is 0.679. The van der Waals surface area contributed by atoms with Gasteiger partial charge < -0.3 is 5.32 Å². The van der Waals surface area contributed by atoms with E-state index in [4.69, 9.17) is 11.6 Å². The van der Waals surface area contributed by atoms with E-state index in [0.29, 0.717) is 29.0 Å². The number of hydrogen-bond donors (Lipinski definition) is 1. The molecule has 0 saturated heterocycles. The molecule has 4 nitrogen and oxygen atoms in total. The Morgan fingerprint density at radius 1 is 1.05 bits per heavy atom. The van der Waals surface area contributed by atoms with Crippen molar-refractivity contribution in [3.63, 3.8) is 0 Å². The van der Waals surface area contributed by atoms with Crippen molar-refractivity contribution < 1.29 is 0 Å². The maximum atomic E-state index is 6.08. The van der Waals surface area contributed by atoms with Gasteiger partial charge in [-0.1, -0.05) is 45.7 Å². The van der Waals surface area contributed by atoms with Crippen LogP contribution in [-0.2, 0) is 6.54 Å². The van der Waals surface area contributed by atoms with Gasteiger partial charge in [0.1, 0.15) is 16.7 Å². The molecule has 0 fully saturated rings. The van der Waals surface area contributed by atoms with E-state index in [9.17, 15) is 0 Å². The Kier molecular flexibility index (Phi) is 4.65. The molecule has 0 saturated carbocycles. The molecule has 0 atom stereocenters. The zero-order chi connectivity index (χ0) is 15.4. The first-order chi connectivity index (χ1) is 10.7. The summed E-state index contributed by atoms with van der Waals surface area (Å²) in [5, 5.41) is 3.64. The minimum absolute atomic E-state index is 0.383. The Morgan fingerprint density at radius 2 is 1.86 bits per heavy atom. The Morgan fingerprint density at radius 3 is 2.59 bits per heavy atom. The summed E-state index contributed by atoms with van der Waals surface area (Å²) in [5.41, 5.74) is 1.84. The predicted octanol–water partition coefficient (Wildman–Crippen LogP) is 4.57. The highest BCUT2D eigenvalue weighted by Gasteiger charge is 2.06. The summed E-state index contributed by atoms with van der Waals surface area (Å²) < 4.78 is 1.05. The van der Waals surface area contributed by atoms with Crippen LogP contribution in [0.4, 0.5) is 5.82 Å². The van der Waals surface area contributed by atoms with E-state index in [1.165, 1.54) is 0 Å². The Balaban J connectivity index is 1.79. The number of nitrogens with zero attached hydrogens (tertiary/aromatic N) is 3. The third-order valence-electron chi connectivity index (χ3n) is 2.98. The first-order valence-electron chi connectivity index (χ1n) is 6.65. The SMILES string of the molecule is Clc1cc(NCc2ccc(Br)cc2)nc(-c2ccccn2)n1. The van der Waals surface area contributed by atoms with Gasteiger partial charge in [0.05, 0.1) is 0 Å². The van der Waals surface area contributed by atoms with Crippen LogP contribution in [-0.4, -0.2) is 15.0 Å². The van der Waals surface area contributed by atoms with Crippen molar-refractivity contribution in [3.8, 4) is 11.5 Å². The maximum Gasteiger partial charge on any atom is 0.181 e. The summed E-state index contributed by atoms with van der Waals surface area (Å²) in [5.74, 6) is 1.18. The second-order valence-electron chi connectivity index (χ2n) is 4.59. The second-order valence-corrected chi connectivity index (χ2v) is 5.90. The van der Waals surface area contributed by atoms with E-state index in [0.717, 1.165) is 10.0 Å². The average Bonchev–Trinajstić information content (AvgIpc) is 2.55. The van der Waals surface area contributed by atoms with E-state index in [1.807, 2.05) is 42.5 Å². The lowest BCUT2D eigenvalue weighted by Crippen LogP contribution is -2.03. The number of benzene rings is 1. The third-order valence-corrected chi connectivity index (χ3v) is 3.70. The fourth-order valence-corrected chi connectivity index (χ4v) is 2.36. The summed E-state index contributed by atoms with van der Waals surface area (Å²) in [6.07, 6.45) is 1.70. The van der Waals surface area contributed by atoms with Gasteiger partial charge in [0.25, 0.3) is 0 Å². The highest BCUT2D eigenvalue weighted by molar-refractivity contribution is 9.10. The van der Waals surface area contributed by atoms with Crippen LogP contribution in [0.3, 0.4) is 0 Å². The molecule has 0 aliphatic rings. The molecule has 0 bridgehead atoms. The molecular formula is C16H12BrClN4. The standard InChI is InChI=1S/C16H12BrClN4/c17-12-6-4-11(5-7-12)10-20-15-9-14(18)21-16(22-15)13-3-1-2-8-19-13/h1-9H,10H2,(H,20,21,22). The number of anilines is 1. The van der Waals surface area contributed by atoms with Crippen LogP contribution in [0, 0.1) is 0 Å². The molecule has 3 aromatic rings. The highest BCUT2D eigenvalue weighted by Crippen LogP contribution is 2.19. The third kappa shape index (κ3) is 3.81. The molecule has 3 rings (SSSR count). The Labute approximate surface area is 141 Å². The minimum atomic E-state index is 0.383. The van der Waals surface area contributed by atoms with Crippen LogP contribution in [0.15, 0.2) is 59.2 Å². The number of nitrogens with one attached hydrogen (secondary N) is 1. The van der Waals surface area contributed by atoms with Gasteiger partial charge in [-0.05, 0) is 29.8 Å². The van der Waals surface area contributed by atoms with Gasteiger partial charge in [0.2, 0.25) is 0 Å². The molecule has 0 aliphatic carbocycles. The van der Waals surface area contributed by atoms with Crippen LogP contribution in [0.25, 0.3) is 11.5 Å². The Hall–Kier alpha value is -1.98. The fraction of sp³-hybridized carbons (Fsp3) is 0.0625. The van der Waals surface area contributed by atoms with Crippen molar-refractivity contribution >= 4 is 33.3 Å². The lowest BCUT2D eigenvalue weighted by atomic mass is 10.2. The molecule has 1 N–H and O–H groups in total. The van der Waals surface area contributed by atoms with Gasteiger partial charge in [0.15, 0.2) is 5.82 Å². The summed E-state index contributed by atoms with van der Waals surface area (Å²) in [6.45, 7) is 0.655. The highest BCUT2D eigenvalue weighted by atomic mass is 79.9. The molecular weight excluding hydrogens is 364 g/mol. The smallest absolute Gasteiger partial charge is 0.181 e. The zero-order valence-corrected chi connectivity index (χ0v) is 13.8. The van der Waals surface area contributed by atoms with Crippen molar-refractivity contribution in [1.82, 2.24) is 15.0 Å². The maximum absolute atomic E-state index is 6.08. The van der Waals surface area contributed by atoms with Crippen LogP contribution >= 0.6 is 27.5 Å². The van der Waals surface area contributed by atoms with E-state index >= 15 is 0 Å². The van der Waals surface area contributed by atoms with E-state index in [2.05, 4.69) is 36.2 Å². The average molecular weight is 376 g/mol. The lowest BCUT2D eigenvalue weighted by Gasteiger charge is -2.08. The second kappa shape index (κ2) is 6.85. The van der Waals surface area contributed by atoms with Crippen LogP contribution in [0.5, 0.6) is 0 Å². The van der Waals surface area contributed by atoms with Gasteiger partial charge >= 0.3 is 0 Å². The molecule has 1 aromatic carbocycles. The normalized spacial score (nSPS) is 10.5. The van der Waals surface area contributed by atoms with Crippen LogP contribution in [0.2, 0.25) is 5.15 Å². The van der Waals surface area contributed by atoms with Crippen molar-refractivity contribution in [3.05, 3.63) is 69.9 Å². The molecule has 0 unspecified atom stereocenters. The number of aromatic nitrogens is 3. The molecule has 0 spiro atoms. The van der Waals surface area contributed by atoms with Crippen molar-refractivity contribution in [2.24, 2.45) is 0 Å². The molecule has 110 valence electrons. The number of halogens is 2.